The average Bonchev–Trinajstić information content (AvgIpc) is 2.27. The minimum absolute atomic E-state index is 0.0397. The summed E-state index contributed by atoms with van der Waals surface area (Å²) in [4.78, 5) is 15.5. The van der Waals surface area contributed by atoms with E-state index in [1.54, 1.807) is 0 Å². The second kappa shape index (κ2) is 4.25. The molecule has 0 aliphatic carbocycles. The van der Waals surface area contributed by atoms with E-state index in [0.29, 0.717) is 0 Å². The summed E-state index contributed by atoms with van der Waals surface area (Å²) in [6.07, 6.45) is -4.49. The van der Waals surface area contributed by atoms with Gasteiger partial charge in [0.1, 0.15) is 0 Å². The Morgan fingerprint density at radius 1 is 1.39 bits per heavy atom. The van der Waals surface area contributed by atoms with E-state index in [-0.39, 0.29) is 22.9 Å². The molecule has 0 aliphatic rings. The summed E-state index contributed by atoms with van der Waals surface area (Å²) < 4.78 is 38.5. The van der Waals surface area contributed by atoms with Crippen molar-refractivity contribution < 1.29 is 13.2 Å². The maximum Gasteiger partial charge on any atom is 0.416 e. The van der Waals surface area contributed by atoms with Gasteiger partial charge in [-0.2, -0.15) is 13.2 Å². The number of nitrogens with two attached hydrogens (primary N) is 1. The fraction of sp³-hybridized carbons (Fsp3) is 0.200. The van der Waals surface area contributed by atoms with E-state index in [1.165, 1.54) is 0 Å². The van der Waals surface area contributed by atoms with E-state index in [9.17, 15) is 18.0 Å². The topological polar surface area (TPSA) is 60.9 Å². The maximum absolute atomic E-state index is 12.5. The first-order valence-electron chi connectivity index (χ1n) is 4.82. The SMILES string of the molecule is NCn1c(Cl)nc2cc(C(F)(F)F)ccc2c1=O. The van der Waals surface area contributed by atoms with Crippen LogP contribution >= 0.6 is 11.6 Å². The van der Waals surface area contributed by atoms with Gasteiger partial charge in [0.05, 0.1) is 23.1 Å². The van der Waals surface area contributed by atoms with Crippen LogP contribution < -0.4 is 11.3 Å². The number of fused-ring (bicyclic) bond motifs is 1. The van der Waals surface area contributed by atoms with Crippen molar-refractivity contribution in [1.82, 2.24) is 9.55 Å². The fourth-order valence-electron chi connectivity index (χ4n) is 1.53. The number of nitrogens with zero attached hydrogens (tertiary/aromatic N) is 2. The van der Waals surface area contributed by atoms with Gasteiger partial charge in [-0.05, 0) is 29.8 Å². The van der Waals surface area contributed by atoms with Gasteiger partial charge in [-0.1, -0.05) is 0 Å². The molecule has 0 amide bonds. The number of hydrogen-bond donors (Lipinski definition) is 1. The largest absolute Gasteiger partial charge is 0.416 e. The molecule has 4 nitrogen and oxygen atoms in total. The molecule has 0 unspecified atom stereocenters. The molecular weight excluding hydrogens is 271 g/mol. The van der Waals surface area contributed by atoms with Crippen molar-refractivity contribution in [2.45, 2.75) is 12.8 Å². The molecule has 2 N–H and O–H groups in total. The van der Waals surface area contributed by atoms with Gasteiger partial charge in [-0.15, -0.1) is 0 Å². The summed E-state index contributed by atoms with van der Waals surface area (Å²) in [5, 5.41) is -0.202. The molecule has 18 heavy (non-hydrogen) atoms. The number of alkyl halides is 3. The van der Waals surface area contributed by atoms with Crippen LogP contribution in [-0.4, -0.2) is 9.55 Å². The van der Waals surface area contributed by atoms with Crippen LogP contribution in [-0.2, 0) is 12.8 Å². The zero-order valence-corrected chi connectivity index (χ0v) is 9.59. The van der Waals surface area contributed by atoms with Crippen molar-refractivity contribution in [2.75, 3.05) is 0 Å². The lowest BCUT2D eigenvalue weighted by Gasteiger charge is -2.09. The van der Waals surface area contributed by atoms with Crippen molar-refractivity contribution in [3.05, 3.63) is 39.4 Å². The number of rotatable bonds is 1. The molecule has 0 spiro atoms. The lowest BCUT2D eigenvalue weighted by atomic mass is 10.1. The average molecular weight is 278 g/mol. The zero-order chi connectivity index (χ0) is 13.5. The first kappa shape index (κ1) is 12.8. The Labute approximate surface area is 104 Å². The third-order valence-electron chi connectivity index (χ3n) is 2.42. The molecule has 1 aromatic carbocycles. The fourth-order valence-corrected chi connectivity index (χ4v) is 1.77. The van der Waals surface area contributed by atoms with Crippen LogP contribution in [0.15, 0.2) is 23.0 Å². The Morgan fingerprint density at radius 2 is 2.06 bits per heavy atom. The van der Waals surface area contributed by atoms with Crippen LogP contribution in [0.25, 0.3) is 10.9 Å². The van der Waals surface area contributed by atoms with E-state index >= 15 is 0 Å². The van der Waals surface area contributed by atoms with Gasteiger partial charge in [-0.25, -0.2) is 4.98 Å². The molecule has 0 radical (unpaired) electrons. The summed E-state index contributed by atoms with van der Waals surface area (Å²) in [7, 11) is 0. The van der Waals surface area contributed by atoms with Crippen LogP contribution in [0.3, 0.4) is 0 Å². The van der Waals surface area contributed by atoms with E-state index in [2.05, 4.69) is 4.98 Å². The first-order chi connectivity index (χ1) is 8.34. The predicted molar refractivity (Wildman–Crippen MR) is 60.2 cm³/mol. The van der Waals surface area contributed by atoms with Crippen LogP contribution in [0, 0.1) is 0 Å². The minimum Gasteiger partial charge on any atom is -0.313 e. The first-order valence-corrected chi connectivity index (χ1v) is 5.19. The third-order valence-corrected chi connectivity index (χ3v) is 2.71. The molecule has 1 aromatic heterocycles. The highest BCUT2D eigenvalue weighted by Gasteiger charge is 2.30. The Balaban J connectivity index is 2.78. The predicted octanol–water partition coefficient (Wildman–Crippen LogP) is 1.98. The number of aromatic nitrogens is 2. The molecule has 0 fully saturated rings. The normalized spacial score (nSPS) is 12.1. The van der Waals surface area contributed by atoms with Crippen LogP contribution in [0.2, 0.25) is 5.28 Å². The van der Waals surface area contributed by atoms with E-state index < -0.39 is 17.3 Å². The van der Waals surface area contributed by atoms with E-state index in [0.717, 1.165) is 22.8 Å². The molecule has 2 rings (SSSR count). The van der Waals surface area contributed by atoms with Gasteiger partial charge in [0.25, 0.3) is 5.56 Å². The summed E-state index contributed by atoms with van der Waals surface area (Å²) in [6.45, 7) is -0.193. The molecule has 0 bridgehead atoms. The monoisotopic (exact) mass is 277 g/mol. The molecular formula is C10H7ClF3N3O. The van der Waals surface area contributed by atoms with E-state index in [4.69, 9.17) is 17.3 Å². The van der Waals surface area contributed by atoms with Crippen molar-refractivity contribution in [3.63, 3.8) is 0 Å². The standard InChI is InChI=1S/C10H7ClF3N3O/c11-9-16-7-3-5(10(12,13)14)1-2-6(7)8(18)17(9)4-15/h1-3H,4,15H2. The van der Waals surface area contributed by atoms with E-state index in [1.807, 2.05) is 0 Å². The van der Waals surface area contributed by atoms with Gasteiger partial charge in [0.2, 0.25) is 5.28 Å². The van der Waals surface area contributed by atoms with Gasteiger partial charge < -0.3 is 5.73 Å². The molecule has 1 heterocycles. The highest BCUT2D eigenvalue weighted by molar-refractivity contribution is 6.28. The number of halogens is 4. The van der Waals surface area contributed by atoms with Gasteiger partial charge in [-0.3, -0.25) is 9.36 Å². The van der Waals surface area contributed by atoms with Crippen LogP contribution in [0.1, 0.15) is 5.56 Å². The second-order valence-corrected chi connectivity index (χ2v) is 3.86. The Hall–Kier alpha value is -1.60. The second-order valence-electron chi connectivity index (χ2n) is 3.53. The molecule has 0 aliphatic heterocycles. The summed E-state index contributed by atoms with van der Waals surface area (Å²) in [6, 6.07) is 2.67. The Morgan fingerprint density at radius 3 is 2.61 bits per heavy atom. The third kappa shape index (κ3) is 2.06. The summed E-state index contributed by atoms with van der Waals surface area (Å²) in [5.41, 5.74) is 3.74. The molecule has 96 valence electrons. The zero-order valence-electron chi connectivity index (χ0n) is 8.83. The van der Waals surface area contributed by atoms with Gasteiger partial charge >= 0.3 is 6.18 Å². The van der Waals surface area contributed by atoms with Gasteiger partial charge in [0.15, 0.2) is 0 Å². The maximum atomic E-state index is 12.5. The van der Waals surface area contributed by atoms with Gasteiger partial charge in [0, 0.05) is 0 Å². The minimum atomic E-state index is -4.49. The highest BCUT2D eigenvalue weighted by atomic mass is 35.5. The van der Waals surface area contributed by atoms with Crippen molar-refractivity contribution in [1.29, 1.82) is 0 Å². The van der Waals surface area contributed by atoms with Crippen LogP contribution in [0.5, 0.6) is 0 Å². The molecule has 0 atom stereocenters. The van der Waals surface area contributed by atoms with Crippen molar-refractivity contribution in [2.24, 2.45) is 5.73 Å². The molecule has 8 heteroatoms. The smallest absolute Gasteiger partial charge is 0.313 e. The Kier molecular flexibility index (Phi) is 3.04. The van der Waals surface area contributed by atoms with Crippen molar-refractivity contribution >= 4 is 22.5 Å². The molecule has 2 aromatic rings. The number of benzene rings is 1. The quantitative estimate of drug-likeness (QED) is 0.811. The highest BCUT2D eigenvalue weighted by Crippen LogP contribution is 2.30. The molecule has 0 saturated heterocycles. The summed E-state index contributed by atoms with van der Waals surface area (Å²) in [5.74, 6) is 0. The lowest BCUT2D eigenvalue weighted by Crippen LogP contribution is -2.26. The summed E-state index contributed by atoms with van der Waals surface area (Å²) >= 11 is 5.67. The lowest BCUT2D eigenvalue weighted by molar-refractivity contribution is -0.137. The van der Waals surface area contributed by atoms with Crippen LogP contribution in [0.4, 0.5) is 13.2 Å². The number of hydrogen-bond acceptors (Lipinski definition) is 3. The molecule has 0 saturated carbocycles. The van der Waals surface area contributed by atoms with Crippen molar-refractivity contribution in [3.8, 4) is 0 Å². The Bertz CT molecular complexity index is 666.